The maximum Gasteiger partial charge on any atom is 0.306 e. The lowest BCUT2D eigenvalue weighted by atomic mass is 9.48. The maximum atomic E-state index is 11.9. The van der Waals surface area contributed by atoms with Gasteiger partial charge in [0.05, 0.1) is 5.60 Å². The number of fused-ring (bicyclic) bond motifs is 5. The number of ether oxygens (including phenoxy) is 1. The quantitative estimate of drug-likeness (QED) is 0.591. The first kappa shape index (κ1) is 21.2. The molecule has 2 saturated carbocycles. The Balaban J connectivity index is 1.60. The number of aliphatic hydroxyl groups is 1. The fraction of sp³-hybridized carbons (Fsp3) is 0.808. The van der Waals surface area contributed by atoms with E-state index in [1.807, 2.05) is 6.92 Å². The Morgan fingerprint density at radius 3 is 2.69 bits per heavy atom. The number of esters is 1. The molecule has 0 saturated heterocycles. The van der Waals surface area contributed by atoms with Crippen molar-refractivity contribution in [1.29, 1.82) is 0 Å². The third-order valence-corrected chi connectivity index (χ3v) is 9.25. The van der Waals surface area contributed by atoms with Crippen molar-refractivity contribution in [3.63, 3.8) is 0 Å². The van der Waals surface area contributed by atoms with Crippen LogP contribution in [0.1, 0.15) is 85.5 Å². The molecule has 4 aliphatic rings. The number of hydrogen-bond donors (Lipinski definition) is 1. The zero-order valence-corrected chi connectivity index (χ0v) is 18.8. The Hall–Kier alpha value is -1.09. The highest BCUT2D eigenvalue weighted by Crippen LogP contribution is 2.67. The lowest BCUT2D eigenvalue weighted by Gasteiger charge is -2.58. The minimum absolute atomic E-state index is 0.0493. The van der Waals surface area contributed by atoms with Crippen LogP contribution in [0.5, 0.6) is 0 Å². The van der Waals surface area contributed by atoms with Crippen molar-refractivity contribution in [3.8, 4) is 0 Å². The van der Waals surface area contributed by atoms with Crippen LogP contribution in [-0.4, -0.2) is 22.8 Å². The second kappa shape index (κ2) is 7.87. The van der Waals surface area contributed by atoms with Crippen molar-refractivity contribution in [1.82, 2.24) is 0 Å². The Kier molecular flexibility index (Phi) is 5.74. The van der Waals surface area contributed by atoms with Crippen molar-refractivity contribution >= 4 is 5.97 Å². The molecule has 0 aromatic rings. The molecule has 162 valence electrons. The first-order valence-electron chi connectivity index (χ1n) is 12.2. The number of carbonyl (C=O) groups excluding carboxylic acids is 1. The van der Waals surface area contributed by atoms with E-state index >= 15 is 0 Å². The Labute approximate surface area is 177 Å². The van der Waals surface area contributed by atoms with E-state index in [4.69, 9.17) is 4.74 Å². The molecule has 0 amide bonds. The van der Waals surface area contributed by atoms with Gasteiger partial charge in [0.15, 0.2) is 0 Å². The third-order valence-electron chi connectivity index (χ3n) is 9.25. The van der Waals surface area contributed by atoms with E-state index in [9.17, 15) is 9.90 Å². The van der Waals surface area contributed by atoms with Gasteiger partial charge in [0, 0.05) is 11.8 Å². The van der Waals surface area contributed by atoms with Crippen LogP contribution >= 0.6 is 0 Å². The van der Waals surface area contributed by atoms with Crippen LogP contribution in [0, 0.1) is 35.0 Å². The minimum Gasteiger partial charge on any atom is -0.458 e. The first-order valence-corrected chi connectivity index (χ1v) is 12.2. The molecule has 0 radical (unpaired) electrons. The Morgan fingerprint density at radius 1 is 1.21 bits per heavy atom. The average Bonchev–Trinajstić information content (AvgIpc) is 3.01. The lowest BCUT2D eigenvalue weighted by molar-refractivity contribution is -0.148. The Morgan fingerprint density at radius 2 is 2.00 bits per heavy atom. The van der Waals surface area contributed by atoms with E-state index in [1.54, 1.807) is 0 Å². The molecule has 0 spiro atoms. The van der Waals surface area contributed by atoms with Crippen LogP contribution in [0.3, 0.4) is 0 Å². The monoisotopic (exact) mass is 400 g/mol. The molecule has 4 unspecified atom stereocenters. The highest BCUT2D eigenvalue weighted by atomic mass is 16.5. The van der Waals surface area contributed by atoms with E-state index in [0.29, 0.717) is 36.0 Å². The van der Waals surface area contributed by atoms with E-state index < -0.39 is 5.60 Å². The molecule has 2 fully saturated rings. The fourth-order valence-electron chi connectivity index (χ4n) is 7.99. The molecule has 8 atom stereocenters. The van der Waals surface area contributed by atoms with E-state index in [-0.39, 0.29) is 17.5 Å². The molecule has 0 heterocycles. The summed E-state index contributed by atoms with van der Waals surface area (Å²) in [5, 5.41) is 11.6. The third kappa shape index (κ3) is 3.23. The van der Waals surface area contributed by atoms with Gasteiger partial charge in [-0.3, -0.25) is 4.79 Å². The fourth-order valence-corrected chi connectivity index (χ4v) is 7.99. The lowest BCUT2D eigenvalue weighted by Crippen LogP contribution is -2.55. The second-order valence-corrected chi connectivity index (χ2v) is 10.4. The minimum atomic E-state index is -0.485. The molecular formula is C26H40O3. The summed E-state index contributed by atoms with van der Waals surface area (Å²) < 4.78 is 5.71. The van der Waals surface area contributed by atoms with Gasteiger partial charge in [-0.2, -0.15) is 0 Å². The number of allylic oxidation sites excluding steroid dienone is 3. The summed E-state index contributed by atoms with van der Waals surface area (Å²) in [5.41, 5.74) is 0.994. The summed E-state index contributed by atoms with van der Waals surface area (Å²) in [6.07, 6.45) is 15.7. The highest BCUT2D eigenvalue weighted by molar-refractivity contribution is 5.69. The first-order chi connectivity index (χ1) is 13.9. The summed E-state index contributed by atoms with van der Waals surface area (Å²) in [7, 11) is 0. The standard InChI is InChI=1S/C26H40O3/c1-5-8-23(27)29-19-10-12-20-18(15-19)9-11-21-22-13-14-26(28,7-3)25(22,6-2)16-17(4)24(20)21/h9,11,15,17,19-22,24,28H,5-8,10,12-14,16H2,1-4H3/t17-,19?,20-,21?,22?,24?,25-,26-/m0/s1. The van der Waals surface area contributed by atoms with Gasteiger partial charge in [-0.25, -0.2) is 0 Å². The molecule has 1 N–H and O–H groups in total. The smallest absolute Gasteiger partial charge is 0.306 e. The van der Waals surface area contributed by atoms with Crippen molar-refractivity contribution < 1.29 is 14.6 Å². The van der Waals surface area contributed by atoms with Crippen LogP contribution in [0.25, 0.3) is 0 Å². The number of hydrogen-bond acceptors (Lipinski definition) is 3. The van der Waals surface area contributed by atoms with Crippen LogP contribution in [-0.2, 0) is 9.53 Å². The van der Waals surface area contributed by atoms with Crippen LogP contribution in [0.4, 0.5) is 0 Å². The second-order valence-electron chi connectivity index (χ2n) is 10.4. The van der Waals surface area contributed by atoms with E-state index in [0.717, 1.165) is 44.9 Å². The van der Waals surface area contributed by atoms with Crippen molar-refractivity contribution in [3.05, 3.63) is 23.8 Å². The molecule has 3 nitrogen and oxygen atoms in total. The summed E-state index contributed by atoms with van der Waals surface area (Å²) in [6, 6.07) is 0. The predicted molar refractivity (Wildman–Crippen MR) is 116 cm³/mol. The summed E-state index contributed by atoms with van der Waals surface area (Å²) in [4.78, 5) is 11.9. The molecular weight excluding hydrogens is 360 g/mol. The topological polar surface area (TPSA) is 46.5 Å². The van der Waals surface area contributed by atoms with Gasteiger partial charge >= 0.3 is 5.97 Å². The molecule has 0 bridgehead atoms. The zero-order chi connectivity index (χ0) is 20.8. The van der Waals surface area contributed by atoms with Crippen LogP contribution in [0.2, 0.25) is 0 Å². The van der Waals surface area contributed by atoms with Gasteiger partial charge in [0.2, 0.25) is 0 Å². The van der Waals surface area contributed by atoms with Gasteiger partial charge < -0.3 is 9.84 Å². The van der Waals surface area contributed by atoms with Crippen LogP contribution in [0.15, 0.2) is 23.8 Å². The normalized spacial score (nSPS) is 45.8. The van der Waals surface area contributed by atoms with Crippen molar-refractivity contribution in [2.45, 2.75) is 97.2 Å². The van der Waals surface area contributed by atoms with Crippen LogP contribution < -0.4 is 0 Å². The predicted octanol–water partition coefficient (Wildman–Crippen LogP) is 5.82. The maximum absolute atomic E-state index is 11.9. The molecule has 4 aliphatic carbocycles. The molecule has 0 aliphatic heterocycles. The number of carbonyl (C=O) groups is 1. The molecule has 4 rings (SSSR count). The van der Waals surface area contributed by atoms with Gasteiger partial charge in [0.25, 0.3) is 0 Å². The average molecular weight is 401 g/mol. The van der Waals surface area contributed by atoms with Gasteiger partial charge in [0.1, 0.15) is 6.10 Å². The summed E-state index contributed by atoms with van der Waals surface area (Å²) in [5.74, 6) is 3.00. The number of rotatable bonds is 5. The van der Waals surface area contributed by atoms with E-state index in [2.05, 4.69) is 39.0 Å². The van der Waals surface area contributed by atoms with Gasteiger partial charge in [-0.1, -0.05) is 39.8 Å². The zero-order valence-electron chi connectivity index (χ0n) is 18.8. The Bertz CT molecular complexity index is 694. The molecule has 0 aromatic heterocycles. The van der Waals surface area contributed by atoms with E-state index in [1.165, 1.54) is 12.0 Å². The summed E-state index contributed by atoms with van der Waals surface area (Å²) >= 11 is 0. The SMILES string of the molecule is CCCC(=O)OC1C=C2C=CC3C([C@@H](C)C[C@@]4(CC)C3CC[C@@]4(O)CC)[C@H]2CC1. The van der Waals surface area contributed by atoms with Crippen molar-refractivity contribution in [2.24, 2.45) is 35.0 Å². The van der Waals surface area contributed by atoms with Gasteiger partial charge in [-0.05, 0) is 92.6 Å². The highest BCUT2D eigenvalue weighted by Gasteiger charge is 2.64. The van der Waals surface area contributed by atoms with Crippen molar-refractivity contribution in [2.75, 3.05) is 0 Å². The largest absolute Gasteiger partial charge is 0.458 e. The molecule has 3 heteroatoms. The van der Waals surface area contributed by atoms with Gasteiger partial charge in [-0.15, -0.1) is 0 Å². The molecule has 0 aromatic carbocycles. The molecule has 29 heavy (non-hydrogen) atoms. The summed E-state index contributed by atoms with van der Waals surface area (Å²) in [6.45, 7) is 8.93.